The molecule has 0 aliphatic rings. The summed E-state index contributed by atoms with van der Waals surface area (Å²) >= 11 is 0. The molecule has 0 aliphatic carbocycles. The zero-order valence-electron chi connectivity index (χ0n) is 9.22. The molecule has 17 heavy (non-hydrogen) atoms. The van der Waals surface area contributed by atoms with Gasteiger partial charge in [-0.05, 0) is 11.6 Å². The predicted molar refractivity (Wildman–Crippen MR) is 67.0 cm³/mol. The topological polar surface area (TPSA) is 48.9 Å². The lowest BCUT2D eigenvalue weighted by atomic mass is 10.0. The highest BCUT2D eigenvalue weighted by atomic mass is 16.3. The molecule has 0 spiro atoms. The molecule has 84 valence electrons. The standard InChI is InChI=1S/C14H12N2O/c17-14-12(8-10-4-2-1-3-5-10)11-6-7-15-9-13(11)16-14/h1-7,9,16-17H,8H2. The summed E-state index contributed by atoms with van der Waals surface area (Å²) in [5.41, 5.74) is 2.98. The van der Waals surface area contributed by atoms with Crippen LogP contribution in [0.4, 0.5) is 0 Å². The molecule has 3 rings (SSSR count). The molecule has 2 N–H and O–H groups in total. The first-order chi connectivity index (χ1) is 8.34. The molecule has 2 heterocycles. The van der Waals surface area contributed by atoms with Gasteiger partial charge in [0.15, 0.2) is 5.88 Å². The lowest BCUT2D eigenvalue weighted by molar-refractivity contribution is 0.453. The SMILES string of the molecule is Oc1[nH]c2cnccc2c1Cc1ccccc1. The molecule has 0 amide bonds. The Morgan fingerprint density at radius 3 is 2.76 bits per heavy atom. The zero-order valence-corrected chi connectivity index (χ0v) is 9.22. The Hall–Kier alpha value is -2.29. The number of aromatic hydroxyl groups is 1. The molecule has 0 bridgehead atoms. The van der Waals surface area contributed by atoms with Crippen molar-refractivity contribution in [2.24, 2.45) is 0 Å². The van der Waals surface area contributed by atoms with E-state index in [-0.39, 0.29) is 5.88 Å². The van der Waals surface area contributed by atoms with E-state index in [0.717, 1.165) is 22.9 Å². The number of nitrogens with one attached hydrogen (secondary N) is 1. The number of rotatable bonds is 2. The molecule has 0 saturated heterocycles. The van der Waals surface area contributed by atoms with E-state index in [1.165, 1.54) is 5.56 Å². The largest absolute Gasteiger partial charge is 0.494 e. The van der Waals surface area contributed by atoms with Crippen LogP contribution in [0.5, 0.6) is 5.88 Å². The van der Waals surface area contributed by atoms with Crippen LogP contribution in [-0.2, 0) is 6.42 Å². The van der Waals surface area contributed by atoms with Crippen molar-refractivity contribution in [3.63, 3.8) is 0 Å². The number of nitrogens with zero attached hydrogens (tertiary/aromatic N) is 1. The average Bonchev–Trinajstić information content (AvgIpc) is 2.68. The van der Waals surface area contributed by atoms with Gasteiger partial charge in [0.1, 0.15) is 0 Å². The van der Waals surface area contributed by atoms with E-state index in [1.54, 1.807) is 12.4 Å². The second-order valence-electron chi connectivity index (χ2n) is 4.04. The smallest absolute Gasteiger partial charge is 0.193 e. The number of pyridine rings is 1. The summed E-state index contributed by atoms with van der Waals surface area (Å²) in [5.74, 6) is 0.233. The van der Waals surface area contributed by atoms with Crippen molar-refractivity contribution in [2.75, 3.05) is 0 Å². The van der Waals surface area contributed by atoms with E-state index in [2.05, 4.69) is 22.1 Å². The normalized spacial score (nSPS) is 10.8. The molecule has 0 radical (unpaired) electrons. The molecule has 3 heteroatoms. The minimum Gasteiger partial charge on any atom is -0.494 e. The highest BCUT2D eigenvalue weighted by Crippen LogP contribution is 2.28. The van der Waals surface area contributed by atoms with Gasteiger partial charge in [0.2, 0.25) is 0 Å². The summed E-state index contributed by atoms with van der Waals surface area (Å²) in [7, 11) is 0. The van der Waals surface area contributed by atoms with Crippen LogP contribution in [0.3, 0.4) is 0 Å². The first-order valence-corrected chi connectivity index (χ1v) is 5.52. The fraction of sp³-hybridized carbons (Fsp3) is 0.0714. The molecular formula is C14H12N2O. The minimum atomic E-state index is 0.233. The summed E-state index contributed by atoms with van der Waals surface area (Å²) in [6.07, 6.45) is 4.18. The predicted octanol–water partition coefficient (Wildman–Crippen LogP) is 2.86. The van der Waals surface area contributed by atoms with Gasteiger partial charge in [-0.2, -0.15) is 0 Å². The molecule has 0 atom stereocenters. The number of hydrogen-bond acceptors (Lipinski definition) is 2. The Kier molecular flexibility index (Phi) is 2.29. The molecule has 0 aliphatic heterocycles. The Morgan fingerprint density at radius 2 is 1.94 bits per heavy atom. The van der Waals surface area contributed by atoms with Crippen molar-refractivity contribution < 1.29 is 5.11 Å². The lowest BCUT2D eigenvalue weighted by Gasteiger charge is -2.00. The molecule has 0 fully saturated rings. The fourth-order valence-corrected chi connectivity index (χ4v) is 2.07. The van der Waals surface area contributed by atoms with Crippen molar-refractivity contribution >= 4 is 10.9 Å². The van der Waals surface area contributed by atoms with Gasteiger partial charge in [0.25, 0.3) is 0 Å². The molecule has 3 nitrogen and oxygen atoms in total. The quantitative estimate of drug-likeness (QED) is 0.703. The third-order valence-corrected chi connectivity index (χ3v) is 2.91. The van der Waals surface area contributed by atoms with Gasteiger partial charge in [0.05, 0.1) is 11.7 Å². The second-order valence-corrected chi connectivity index (χ2v) is 4.04. The van der Waals surface area contributed by atoms with Crippen molar-refractivity contribution in [1.82, 2.24) is 9.97 Å². The monoisotopic (exact) mass is 224 g/mol. The number of benzene rings is 1. The maximum Gasteiger partial charge on any atom is 0.193 e. The Labute approximate surface area is 98.8 Å². The van der Waals surface area contributed by atoms with E-state index in [4.69, 9.17) is 0 Å². The lowest BCUT2D eigenvalue weighted by Crippen LogP contribution is -1.86. The summed E-state index contributed by atoms with van der Waals surface area (Å²) in [5, 5.41) is 10.9. The van der Waals surface area contributed by atoms with Crippen molar-refractivity contribution in [1.29, 1.82) is 0 Å². The van der Waals surface area contributed by atoms with Crippen molar-refractivity contribution in [3.05, 3.63) is 59.9 Å². The summed E-state index contributed by atoms with van der Waals surface area (Å²) in [6, 6.07) is 12.0. The van der Waals surface area contributed by atoms with E-state index in [0.29, 0.717) is 0 Å². The third-order valence-electron chi connectivity index (χ3n) is 2.91. The second kappa shape index (κ2) is 3.94. The maximum atomic E-state index is 9.91. The van der Waals surface area contributed by atoms with Crippen molar-refractivity contribution in [2.45, 2.75) is 6.42 Å². The third kappa shape index (κ3) is 1.76. The van der Waals surface area contributed by atoms with Gasteiger partial charge in [0, 0.05) is 23.6 Å². The first-order valence-electron chi connectivity index (χ1n) is 5.52. The molecule has 3 aromatic rings. The zero-order chi connectivity index (χ0) is 11.7. The summed E-state index contributed by atoms with van der Waals surface area (Å²) < 4.78 is 0. The van der Waals surface area contributed by atoms with Gasteiger partial charge < -0.3 is 10.1 Å². The van der Waals surface area contributed by atoms with Crippen LogP contribution in [0.25, 0.3) is 10.9 Å². The summed E-state index contributed by atoms with van der Waals surface area (Å²) in [6.45, 7) is 0. The van der Waals surface area contributed by atoms with Crippen LogP contribution in [0.15, 0.2) is 48.8 Å². The van der Waals surface area contributed by atoms with E-state index in [9.17, 15) is 5.11 Å². The van der Waals surface area contributed by atoms with Crippen LogP contribution in [0.2, 0.25) is 0 Å². The number of aromatic amines is 1. The number of hydrogen-bond donors (Lipinski definition) is 2. The van der Waals surface area contributed by atoms with Crippen LogP contribution >= 0.6 is 0 Å². The van der Waals surface area contributed by atoms with Crippen LogP contribution < -0.4 is 0 Å². The molecule has 1 aromatic carbocycles. The van der Waals surface area contributed by atoms with Gasteiger partial charge in [-0.15, -0.1) is 0 Å². The highest BCUT2D eigenvalue weighted by Gasteiger charge is 2.10. The van der Waals surface area contributed by atoms with E-state index < -0.39 is 0 Å². The van der Waals surface area contributed by atoms with Gasteiger partial charge in [-0.1, -0.05) is 30.3 Å². The Morgan fingerprint density at radius 1 is 1.12 bits per heavy atom. The first kappa shape index (κ1) is 9.90. The molecular weight excluding hydrogens is 212 g/mol. The van der Waals surface area contributed by atoms with Crippen LogP contribution in [-0.4, -0.2) is 15.1 Å². The highest BCUT2D eigenvalue weighted by molar-refractivity contribution is 5.85. The van der Waals surface area contributed by atoms with Crippen molar-refractivity contribution in [3.8, 4) is 5.88 Å². The fourth-order valence-electron chi connectivity index (χ4n) is 2.07. The Bertz CT molecular complexity index is 644. The minimum absolute atomic E-state index is 0.233. The van der Waals surface area contributed by atoms with Gasteiger partial charge in [-0.3, -0.25) is 4.98 Å². The maximum absolute atomic E-state index is 9.91. The van der Waals surface area contributed by atoms with E-state index in [1.807, 2.05) is 24.3 Å². The Balaban J connectivity index is 2.08. The molecule has 2 aromatic heterocycles. The van der Waals surface area contributed by atoms with E-state index >= 15 is 0 Å². The van der Waals surface area contributed by atoms with Crippen LogP contribution in [0.1, 0.15) is 11.1 Å². The molecule has 0 unspecified atom stereocenters. The van der Waals surface area contributed by atoms with Gasteiger partial charge in [-0.25, -0.2) is 0 Å². The van der Waals surface area contributed by atoms with Crippen LogP contribution in [0, 0.1) is 0 Å². The summed E-state index contributed by atoms with van der Waals surface area (Å²) in [4.78, 5) is 6.97. The number of H-pyrrole nitrogens is 1. The molecule has 0 saturated carbocycles. The van der Waals surface area contributed by atoms with Gasteiger partial charge >= 0.3 is 0 Å². The average molecular weight is 224 g/mol. The number of fused-ring (bicyclic) bond motifs is 1. The number of aromatic nitrogens is 2.